The second-order valence-corrected chi connectivity index (χ2v) is 9.57. The van der Waals surface area contributed by atoms with Gasteiger partial charge in [0.25, 0.3) is 0 Å². The van der Waals surface area contributed by atoms with Gasteiger partial charge in [0.15, 0.2) is 0 Å². The van der Waals surface area contributed by atoms with Gasteiger partial charge in [0.05, 0.1) is 16.8 Å². The third-order valence-electron chi connectivity index (χ3n) is 6.80. The molecule has 1 unspecified atom stereocenters. The Morgan fingerprint density at radius 1 is 1.18 bits per heavy atom. The minimum absolute atomic E-state index is 0.121. The van der Waals surface area contributed by atoms with Crippen LogP contribution in [0.2, 0.25) is 5.02 Å². The normalized spacial score (nSPS) is 18.7. The zero-order valence-electron chi connectivity index (χ0n) is 20.3. The second-order valence-electron chi connectivity index (χ2n) is 9.16. The first kappa shape index (κ1) is 23.4. The predicted octanol–water partition coefficient (Wildman–Crippen LogP) is 6.49. The number of aliphatic imine (C=N–C) groups is 1. The maximum Gasteiger partial charge on any atom is 0.223 e. The van der Waals surface area contributed by atoms with Crippen LogP contribution >= 0.6 is 11.6 Å². The number of nitrogens with zero attached hydrogens (tertiary/aromatic N) is 6. The van der Waals surface area contributed by atoms with Gasteiger partial charge in [-0.25, -0.2) is 4.98 Å². The van der Waals surface area contributed by atoms with Crippen molar-refractivity contribution >= 4 is 34.8 Å². The van der Waals surface area contributed by atoms with Crippen molar-refractivity contribution in [1.29, 1.82) is 5.26 Å². The lowest BCUT2D eigenvalue weighted by Crippen LogP contribution is -2.51. The summed E-state index contributed by atoms with van der Waals surface area (Å²) in [6.07, 6.45) is 7.66. The molecule has 0 saturated carbocycles. The molecule has 6 nitrogen and oxygen atoms in total. The van der Waals surface area contributed by atoms with Gasteiger partial charge < -0.3 is 9.80 Å². The standard InChI is InChI=1S/C26H33ClN6/c1-6-8-19(9-7-2)32-13-12-22-24-23(32)15-18(4)30-25(24)33(26(29-16-28)31(22)5)21-11-10-17(3)14-20(21)27/h10-11,14-15,19,22H,6-9,12-13H2,1-5H3. The first-order valence-corrected chi connectivity index (χ1v) is 12.3. The molecule has 1 atom stereocenters. The zero-order chi connectivity index (χ0) is 23.7. The van der Waals surface area contributed by atoms with Crippen LogP contribution in [0.1, 0.15) is 68.8 Å². The minimum atomic E-state index is 0.121. The minimum Gasteiger partial charge on any atom is -0.368 e. The quantitative estimate of drug-likeness (QED) is 0.457. The molecular formula is C26H33ClN6. The lowest BCUT2D eigenvalue weighted by atomic mass is 9.90. The molecule has 0 N–H and O–H groups in total. The van der Waals surface area contributed by atoms with Gasteiger partial charge in [0.2, 0.25) is 12.2 Å². The van der Waals surface area contributed by atoms with Crippen molar-refractivity contribution in [2.24, 2.45) is 4.99 Å². The Morgan fingerprint density at radius 2 is 1.91 bits per heavy atom. The monoisotopic (exact) mass is 464 g/mol. The van der Waals surface area contributed by atoms with E-state index in [0.29, 0.717) is 17.0 Å². The number of aryl methyl sites for hydroxylation is 2. The Bertz CT molecular complexity index is 1100. The predicted molar refractivity (Wildman–Crippen MR) is 136 cm³/mol. The summed E-state index contributed by atoms with van der Waals surface area (Å²) in [5, 5.41) is 10.1. The summed E-state index contributed by atoms with van der Waals surface area (Å²) >= 11 is 6.73. The highest BCUT2D eigenvalue weighted by Gasteiger charge is 2.42. The molecular weight excluding hydrogens is 432 g/mol. The molecule has 0 aliphatic carbocycles. The van der Waals surface area contributed by atoms with Gasteiger partial charge in [0.1, 0.15) is 5.82 Å². The molecule has 0 radical (unpaired) electrons. The average Bonchev–Trinajstić information content (AvgIpc) is 2.77. The highest BCUT2D eigenvalue weighted by Crippen LogP contribution is 2.49. The van der Waals surface area contributed by atoms with Gasteiger partial charge >= 0.3 is 0 Å². The van der Waals surface area contributed by atoms with Crippen LogP contribution in [-0.4, -0.2) is 35.5 Å². The number of benzene rings is 1. The van der Waals surface area contributed by atoms with Crippen LogP contribution in [-0.2, 0) is 0 Å². The van der Waals surface area contributed by atoms with Crippen molar-refractivity contribution in [1.82, 2.24) is 9.88 Å². The summed E-state index contributed by atoms with van der Waals surface area (Å²) in [6.45, 7) is 9.58. The molecule has 0 fully saturated rings. The molecule has 33 heavy (non-hydrogen) atoms. The number of rotatable bonds is 6. The summed E-state index contributed by atoms with van der Waals surface area (Å²) in [6, 6.07) is 8.84. The van der Waals surface area contributed by atoms with E-state index >= 15 is 0 Å². The summed E-state index contributed by atoms with van der Waals surface area (Å²) in [5.74, 6) is 1.40. The molecule has 174 valence electrons. The molecule has 0 bridgehead atoms. The summed E-state index contributed by atoms with van der Waals surface area (Å²) in [5.41, 5.74) is 5.29. The number of pyridine rings is 1. The van der Waals surface area contributed by atoms with E-state index in [-0.39, 0.29) is 6.04 Å². The highest BCUT2D eigenvalue weighted by molar-refractivity contribution is 6.34. The highest BCUT2D eigenvalue weighted by atomic mass is 35.5. The molecule has 1 aromatic heterocycles. The lowest BCUT2D eigenvalue weighted by molar-refractivity contribution is 0.322. The van der Waals surface area contributed by atoms with Crippen LogP contribution in [0.4, 0.5) is 17.2 Å². The second kappa shape index (κ2) is 9.61. The molecule has 0 amide bonds. The molecule has 0 saturated heterocycles. The van der Waals surface area contributed by atoms with Crippen molar-refractivity contribution in [3.05, 3.63) is 46.1 Å². The lowest BCUT2D eigenvalue weighted by Gasteiger charge is -2.49. The molecule has 7 heteroatoms. The first-order valence-electron chi connectivity index (χ1n) is 11.9. The van der Waals surface area contributed by atoms with Gasteiger partial charge in [0, 0.05) is 36.6 Å². The SMILES string of the molecule is CCCC(CCC)N1CCC2c3c1cc(C)nc3N(c1ccc(C)cc1Cl)C(=NC#N)N2C. The van der Waals surface area contributed by atoms with Gasteiger partial charge in [-0.05, 0) is 56.9 Å². The first-order chi connectivity index (χ1) is 15.9. The number of nitriles is 1. The molecule has 2 aliphatic heterocycles. The summed E-state index contributed by atoms with van der Waals surface area (Å²) in [4.78, 5) is 15.9. The molecule has 1 aromatic carbocycles. The zero-order valence-corrected chi connectivity index (χ0v) is 21.0. The van der Waals surface area contributed by atoms with Crippen LogP contribution in [0.15, 0.2) is 29.3 Å². The molecule has 0 spiro atoms. The third-order valence-corrected chi connectivity index (χ3v) is 7.11. The van der Waals surface area contributed by atoms with Crippen molar-refractivity contribution in [3.63, 3.8) is 0 Å². The smallest absolute Gasteiger partial charge is 0.223 e. The number of anilines is 3. The summed E-state index contributed by atoms with van der Waals surface area (Å²) < 4.78 is 0. The van der Waals surface area contributed by atoms with Crippen LogP contribution in [0.25, 0.3) is 0 Å². The van der Waals surface area contributed by atoms with E-state index in [4.69, 9.17) is 16.6 Å². The number of halogens is 1. The van der Waals surface area contributed by atoms with Crippen LogP contribution in [0, 0.1) is 25.3 Å². The Kier molecular flexibility index (Phi) is 6.81. The number of aromatic nitrogens is 1. The van der Waals surface area contributed by atoms with Crippen molar-refractivity contribution in [2.75, 3.05) is 23.4 Å². The van der Waals surface area contributed by atoms with Crippen molar-refractivity contribution in [3.8, 4) is 6.19 Å². The van der Waals surface area contributed by atoms with Gasteiger partial charge in [-0.3, -0.25) is 4.90 Å². The maximum absolute atomic E-state index is 9.52. The topological polar surface area (TPSA) is 58.8 Å². The van der Waals surface area contributed by atoms with E-state index in [1.165, 1.54) is 36.9 Å². The molecule has 3 heterocycles. The Labute approximate surface area is 202 Å². The van der Waals surface area contributed by atoms with E-state index in [9.17, 15) is 5.26 Å². The molecule has 2 aliphatic rings. The van der Waals surface area contributed by atoms with E-state index in [2.05, 4.69) is 34.7 Å². The molecule has 2 aromatic rings. The summed E-state index contributed by atoms with van der Waals surface area (Å²) in [7, 11) is 2.02. The van der Waals surface area contributed by atoms with Crippen LogP contribution in [0.5, 0.6) is 0 Å². The van der Waals surface area contributed by atoms with Crippen LogP contribution < -0.4 is 9.80 Å². The largest absolute Gasteiger partial charge is 0.368 e. The van der Waals surface area contributed by atoms with Gasteiger partial charge in [-0.15, -0.1) is 4.99 Å². The Morgan fingerprint density at radius 3 is 2.55 bits per heavy atom. The fraction of sp³-hybridized carbons (Fsp3) is 0.500. The Hall–Kier alpha value is -2.78. The number of hydrogen-bond donors (Lipinski definition) is 0. The van der Waals surface area contributed by atoms with E-state index in [0.717, 1.165) is 35.7 Å². The van der Waals surface area contributed by atoms with Gasteiger partial charge in [-0.1, -0.05) is 44.4 Å². The van der Waals surface area contributed by atoms with Crippen molar-refractivity contribution in [2.45, 2.75) is 71.9 Å². The fourth-order valence-corrected chi connectivity index (χ4v) is 5.69. The maximum atomic E-state index is 9.52. The third kappa shape index (κ3) is 4.15. The van der Waals surface area contributed by atoms with E-state index in [1.54, 1.807) is 0 Å². The average molecular weight is 465 g/mol. The van der Waals surface area contributed by atoms with Crippen molar-refractivity contribution < 1.29 is 0 Å². The van der Waals surface area contributed by atoms with Gasteiger partial charge in [-0.2, -0.15) is 5.26 Å². The fourth-order valence-electron chi connectivity index (χ4n) is 5.37. The number of guanidine groups is 1. The van der Waals surface area contributed by atoms with Crippen LogP contribution in [0.3, 0.4) is 0 Å². The molecule has 4 rings (SSSR count). The van der Waals surface area contributed by atoms with E-state index < -0.39 is 0 Å². The Balaban J connectivity index is 1.96. The number of hydrogen-bond acceptors (Lipinski definition) is 4. The van der Waals surface area contributed by atoms with E-state index in [1.807, 2.05) is 50.2 Å².